The van der Waals surface area contributed by atoms with E-state index < -0.39 is 0 Å². The summed E-state index contributed by atoms with van der Waals surface area (Å²) in [4.78, 5) is 4.51. The van der Waals surface area contributed by atoms with Gasteiger partial charge in [0.2, 0.25) is 0 Å². The molecule has 5 nitrogen and oxygen atoms in total. The maximum Gasteiger partial charge on any atom is 0.199 e. The normalized spacial score (nSPS) is 13.9. The van der Waals surface area contributed by atoms with Crippen molar-refractivity contribution in [3.8, 4) is 0 Å². The van der Waals surface area contributed by atoms with Crippen LogP contribution in [0.3, 0.4) is 0 Å². The Kier molecular flexibility index (Phi) is 9.73. The summed E-state index contributed by atoms with van der Waals surface area (Å²) in [6.07, 6.45) is 1.88. The SMILES string of the molecule is CCN1CCN(c2ccccc2F)CC1.Cl.Cl.S=c1[nH]nc2ccccn12. The van der Waals surface area contributed by atoms with E-state index in [4.69, 9.17) is 12.2 Å². The van der Waals surface area contributed by atoms with Crippen molar-refractivity contribution in [2.45, 2.75) is 6.92 Å². The summed E-state index contributed by atoms with van der Waals surface area (Å²) < 4.78 is 15.9. The lowest BCUT2D eigenvalue weighted by Gasteiger charge is -2.35. The predicted octanol–water partition coefficient (Wildman–Crippen LogP) is 4.20. The fraction of sp³-hybridized carbons (Fsp3) is 0.333. The molecule has 1 aliphatic rings. The quantitative estimate of drug-likeness (QED) is 0.617. The molecule has 1 saturated heterocycles. The number of aromatic nitrogens is 3. The third kappa shape index (κ3) is 5.90. The van der Waals surface area contributed by atoms with E-state index in [1.165, 1.54) is 6.07 Å². The molecule has 27 heavy (non-hydrogen) atoms. The number of hydrogen-bond acceptors (Lipinski definition) is 4. The lowest BCUT2D eigenvalue weighted by Crippen LogP contribution is -2.46. The maximum absolute atomic E-state index is 13.5. The van der Waals surface area contributed by atoms with E-state index in [1.54, 1.807) is 6.07 Å². The van der Waals surface area contributed by atoms with Crippen molar-refractivity contribution in [3.05, 3.63) is 59.2 Å². The second kappa shape index (κ2) is 11.2. The summed E-state index contributed by atoms with van der Waals surface area (Å²) in [7, 11) is 0. The first-order valence-electron chi connectivity index (χ1n) is 8.42. The summed E-state index contributed by atoms with van der Waals surface area (Å²) in [6, 6.07) is 12.7. The van der Waals surface area contributed by atoms with E-state index >= 15 is 0 Å². The number of aromatic amines is 1. The van der Waals surface area contributed by atoms with E-state index in [9.17, 15) is 4.39 Å². The second-order valence-electron chi connectivity index (χ2n) is 5.83. The van der Waals surface area contributed by atoms with E-state index in [0.717, 1.165) is 44.1 Å². The number of fused-ring (bicyclic) bond motifs is 1. The van der Waals surface area contributed by atoms with E-state index in [1.807, 2.05) is 40.9 Å². The Morgan fingerprint density at radius 1 is 1.04 bits per heavy atom. The van der Waals surface area contributed by atoms with Gasteiger partial charge in [-0.2, -0.15) is 5.10 Å². The number of hydrogen-bond donors (Lipinski definition) is 1. The van der Waals surface area contributed by atoms with Crippen molar-refractivity contribution in [1.82, 2.24) is 19.5 Å². The van der Waals surface area contributed by atoms with Gasteiger partial charge >= 0.3 is 0 Å². The van der Waals surface area contributed by atoms with Gasteiger partial charge in [0.25, 0.3) is 0 Å². The first kappa shape index (κ1) is 23.4. The highest BCUT2D eigenvalue weighted by Crippen LogP contribution is 2.19. The number of pyridine rings is 1. The Morgan fingerprint density at radius 2 is 1.70 bits per heavy atom. The van der Waals surface area contributed by atoms with Crippen LogP contribution >= 0.6 is 37.0 Å². The summed E-state index contributed by atoms with van der Waals surface area (Å²) >= 11 is 4.93. The number of nitrogens with one attached hydrogen (secondary N) is 1. The zero-order chi connectivity index (χ0) is 17.6. The van der Waals surface area contributed by atoms with Crippen LogP contribution in [0.25, 0.3) is 5.65 Å². The number of piperazine rings is 1. The number of benzene rings is 1. The van der Waals surface area contributed by atoms with Crippen LogP contribution in [0.4, 0.5) is 10.1 Å². The highest BCUT2D eigenvalue weighted by molar-refractivity contribution is 7.71. The Labute approximate surface area is 176 Å². The molecule has 0 amide bonds. The molecular formula is C18H24Cl2FN5S. The zero-order valence-electron chi connectivity index (χ0n) is 15.0. The van der Waals surface area contributed by atoms with Crippen LogP contribution in [0, 0.1) is 10.6 Å². The molecule has 3 aromatic rings. The molecule has 1 aromatic carbocycles. The van der Waals surface area contributed by atoms with Crippen molar-refractivity contribution in [3.63, 3.8) is 0 Å². The lowest BCUT2D eigenvalue weighted by atomic mass is 10.2. The number of rotatable bonds is 2. The summed E-state index contributed by atoms with van der Waals surface area (Å²) in [5.74, 6) is -0.109. The van der Waals surface area contributed by atoms with E-state index in [0.29, 0.717) is 4.77 Å². The minimum Gasteiger partial charge on any atom is -0.367 e. The molecule has 0 spiro atoms. The largest absolute Gasteiger partial charge is 0.367 e. The van der Waals surface area contributed by atoms with Crippen LogP contribution < -0.4 is 4.90 Å². The summed E-state index contributed by atoms with van der Waals surface area (Å²) in [5.41, 5.74) is 1.60. The van der Waals surface area contributed by atoms with Crippen molar-refractivity contribution in [2.75, 3.05) is 37.6 Å². The van der Waals surface area contributed by atoms with Crippen LogP contribution in [-0.2, 0) is 0 Å². The average molecular weight is 432 g/mol. The van der Waals surface area contributed by atoms with E-state index in [-0.39, 0.29) is 30.6 Å². The standard InChI is InChI=1S/C12H17FN2.C6H5N3S.2ClH/c1-2-14-7-9-15(10-8-14)12-6-4-3-5-11(12)13;10-6-8-7-5-3-1-2-4-9(5)6;;/h3-6H,2,7-10H2,1H3;1-4H,(H,8,10);2*1H. The minimum atomic E-state index is -0.109. The third-order valence-electron chi connectivity index (χ3n) is 4.34. The van der Waals surface area contributed by atoms with Gasteiger partial charge in [-0.3, -0.25) is 9.50 Å². The first-order chi connectivity index (χ1) is 12.2. The van der Waals surface area contributed by atoms with Crippen LogP contribution in [0.2, 0.25) is 0 Å². The highest BCUT2D eigenvalue weighted by Gasteiger charge is 2.17. The van der Waals surface area contributed by atoms with Crippen LogP contribution in [0.1, 0.15) is 6.92 Å². The van der Waals surface area contributed by atoms with Gasteiger partial charge in [0, 0.05) is 32.4 Å². The molecule has 1 aliphatic heterocycles. The van der Waals surface area contributed by atoms with Crippen molar-refractivity contribution in [2.24, 2.45) is 0 Å². The number of halogens is 3. The Hall–Kier alpha value is -1.67. The first-order valence-corrected chi connectivity index (χ1v) is 8.83. The zero-order valence-corrected chi connectivity index (χ0v) is 17.5. The predicted molar refractivity (Wildman–Crippen MR) is 116 cm³/mol. The molecule has 0 atom stereocenters. The molecule has 1 N–H and O–H groups in total. The molecule has 0 bridgehead atoms. The molecule has 4 rings (SSSR count). The topological polar surface area (TPSA) is 39.6 Å². The Morgan fingerprint density at radius 3 is 2.33 bits per heavy atom. The Balaban J connectivity index is 0.000000267. The molecule has 9 heteroatoms. The molecule has 0 radical (unpaired) electrons. The van der Waals surface area contributed by atoms with Gasteiger partial charge in [0.1, 0.15) is 5.82 Å². The molecule has 2 aromatic heterocycles. The van der Waals surface area contributed by atoms with Gasteiger partial charge in [-0.15, -0.1) is 24.8 Å². The van der Waals surface area contributed by atoms with Gasteiger partial charge in [0.05, 0.1) is 5.69 Å². The van der Waals surface area contributed by atoms with Gasteiger partial charge < -0.3 is 9.80 Å². The van der Waals surface area contributed by atoms with Gasteiger partial charge in [-0.1, -0.05) is 25.1 Å². The van der Waals surface area contributed by atoms with Gasteiger partial charge in [-0.05, 0) is 43.0 Å². The smallest absolute Gasteiger partial charge is 0.199 e. The molecule has 0 saturated carbocycles. The fourth-order valence-corrected chi connectivity index (χ4v) is 3.07. The van der Waals surface area contributed by atoms with Crippen LogP contribution in [0.15, 0.2) is 48.7 Å². The molecule has 0 unspecified atom stereocenters. The fourth-order valence-electron chi connectivity index (χ4n) is 2.87. The van der Waals surface area contributed by atoms with Crippen molar-refractivity contribution >= 4 is 48.4 Å². The van der Waals surface area contributed by atoms with Crippen LogP contribution in [-0.4, -0.2) is 52.2 Å². The van der Waals surface area contributed by atoms with Crippen molar-refractivity contribution < 1.29 is 4.39 Å². The minimum absolute atomic E-state index is 0. The number of H-pyrrole nitrogens is 1. The molecular weight excluding hydrogens is 408 g/mol. The average Bonchev–Trinajstić information content (AvgIpc) is 3.04. The third-order valence-corrected chi connectivity index (χ3v) is 4.62. The molecule has 1 fully saturated rings. The van der Waals surface area contributed by atoms with Gasteiger partial charge in [0.15, 0.2) is 10.4 Å². The lowest BCUT2D eigenvalue weighted by molar-refractivity contribution is 0.270. The monoisotopic (exact) mass is 431 g/mol. The highest BCUT2D eigenvalue weighted by atomic mass is 35.5. The maximum atomic E-state index is 13.5. The number of para-hydroxylation sites is 1. The molecule has 148 valence electrons. The van der Waals surface area contributed by atoms with Crippen molar-refractivity contribution in [1.29, 1.82) is 0 Å². The number of anilines is 1. The van der Waals surface area contributed by atoms with E-state index in [2.05, 4.69) is 26.9 Å². The summed E-state index contributed by atoms with van der Waals surface area (Å²) in [5, 5.41) is 6.66. The van der Waals surface area contributed by atoms with Crippen LogP contribution in [0.5, 0.6) is 0 Å². The second-order valence-corrected chi connectivity index (χ2v) is 6.22. The molecule has 0 aliphatic carbocycles. The number of likely N-dealkylation sites (N-methyl/N-ethyl adjacent to an activating group) is 1. The summed E-state index contributed by atoms with van der Waals surface area (Å²) in [6.45, 7) is 7.17. The number of nitrogens with zero attached hydrogens (tertiary/aromatic N) is 4. The Bertz CT molecular complexity index is 877. The van der Waals surface area contributed by atoms with Gasteiger partial charge in [-0.25, -0.2) is 4.39 Å². The molecule has 3 heterocycles.